The number of ether oxygens (including phenoxy) is 1. The van der Waals surface area contributed by atoms with Crippen LogP contribution in [0.15, 0.2) is 42.7 Å². The van der Waals surface area contributed by atoms with Crippen LogP contribution in [0, 0.1) is 0 Å². The molecule has 1 heterocycles. The molecule has 134 valence electrons. The summed E-state index contributed by atoms with van der Waals surface area (Å²) in [4.78, 5) is 16.2. The number of halogens is 2. The molecule has 0 bridgehead atoms. The van der Waals surface area contributed by atoms with Gasteiger partial charge in [0.1, 0.15) is 12.1 Å². The maximum absolute atomic E-state index is 12.2. The van der Waals surface area contributed by atoms with Gasteiger partial charge in [-0.3, -0.25) is 4.79 Å². The topological polar surface area (TPSA) is 89.3 Å². The van der Waals surface area contributed by atoms with Crippen molar-refractivity contribution < 1.29 is 14.6 Å². The lowest BCUT2D eigenvalue weighted by atomic mass is 10.2. The molecular weight excluding hydrogens is 379 g/mol. The second-order valence-electron chi connectivity index (χ2n) is 5.30. The zero-order valence-electron chi connectivity index (χ0n) is 13.6. The number of rotatable bonds is 5. The van der Waals surface area contributed by atoms with Crippen molar-refractivity contribution in [1.82, 2.24) is 20.1 Å². The number of phenolic OH excluding ortho intramolecular Hbond substituents is 1. The van der Waals surface area contributed by atoms with Crippen LogP contribution < -0.4 is 10.1 Å². The van der Waals surface area contributed by atoms with Crippen molar-refractivity contribution >= 4 is 29.1 Å². The zero-order valence-corrected chi connectivity index (χ0v) is 15.1. The molecule has 0 saturated heterocycles. The van der Waals surface area contributed by atoms with Crippen molar-refractivity contribution in [3.63, 3.8) is 0 Å². The Bertz CT molecular complexity index is 936. The Hall–Kier alpha value is -2.77. The van der Waals surface area contributed by atoms with E-state index in [4.69, 9.17) is 27.9 Å². The molecule has 0 aliphatic heterocycles. The van der Waals surface area contributed by atoms with Crippen LogP contribution in [0.25, 0.3) is 5.69 Å². The number of nitrogens with zero attached hydrogens (tertiary/aromatic N) is 3. The lowest BCUT2D eigenvalue weighted by Gasteiger charge is -2.06. The van der Waals surface area contributed by atoms with Gasteiger partial charge in [-0.25, -0.2) is 9.67 Å². The van der Waals surface area contributed by atoms with Gasteiger partial charge >= 0.3 is 0 Å². The van der Waals surface area contributed by atoms with Crippen LogP contribution in [-0.4, -0.2) is 32.9 Å². The predicted octanol–water partition coefficient (Wildman–Crippen LogP) is 3.22. The van der Waals surface area contributed by atoms with Crippen LogP contribution >= 0.6 is 23.2 Å². The first kappa shape index (κ1) is 18.0. The molecule has 0 spiro atoms. The van der Waals surface area contributed by atoms with Crippen LogP contribution in [0.4, 0.5) is 0 Å². The van der Waals surface area contributed by atoms with Crippen LogP contribution in [0.3, 0.4) is 0 Å². The fourth-order valence-corrected chi connectivity index (χ4v) is 2.70. The number of aromatic hydroxyl groups is 1. The third-order valence-electron chi connectivity index (χ3n) is 3.55. The molecular formula is C17H14Cl2N4O3. The first-order valence-electron chi connectivity index (χ1n) is 7.49. The molecule has 3 aromatic rings. The van der Waals surface area contributed by atoms with Crippen LogP contribution in [0.1, 0.15) is 16.2 Å². The average Bonchev–Trinajstić information content (AvgIpc) is 3.14. The first-order valence-corrected chi connectivity index (χ1v) is 8.24. The fourth-order valence-electron chi connectivity index (χ4n) is 2.22. The van der Waals surface area contributed by atoms with Gasteiger partial charge in [0.2, 0.25) is 5.82 Å². The summed E-state index contributed by atoms with van der Waals surface area (Å²) in [6.07, 6.45) is 1.36. The Morgan fingerprint density at radius 1 is 1.27 bits per heavy atom. The molecule has 3 rings (SSSR count). The number of aromatic nitrogens is 3. The summed E-state index contributed by atoms with van der Waals surface area (Å²) < 4.78 is 6.49. The van der Waals surface area contributed by atoms with Gasteiger partial charge in [0.15, 0.2) is 5.75 Å². The lowest BCUT2D eigenvalue weighted by Crippen LogP contribution is -2.24. The monoisotopic (exact) mass is 392 g/mol. The first-order chi connectivity index (χ1) is 12.5. The number of amides is 1. The molecule has 1 amide bonds. The highest BCUT2D eigenvalue weighted by Crippen LogP contribution is 2.33. The highest BCUT2D eigenvalue weighted by molar-refractivity contribution is 6.37. The highest BCUT2D eigenvalue weighted by Gasteiger charge is 2.14. The molecule has 0 aliphatic rings. The van der Waals surface area contributed by atoms with E-state index in [9.17, 15) is 9.90 Å². The Kier molecular flexibility index (Phi) is 5.29. The Balaban J connectivity index is 1.72. The molecule has 9 heteroatoms. The predicted molar refractivity (Wildman–Crippen MR) is 97.2 cm³/mol. The van der Waals surface area contributed by atoms with E-state index in [1.54, 1.807) is 7.11 Å². The summed E-state index contributed by atoms with van der Waals surface area (Å²) in [6.45, 7) is 0.307. The van der Waals surface area contributed by atoms with Gasteiger partial charge in [-0.15, -0.1) is 5.10 Å². The maximum Gasteiger partial charge on any atom is 0.291 e. The quantitative estimate of drug-likeness (QED) is 0.695. The van der Waals surface area contributed by atoms with Crippen LogP contribution in [0.5, 0.6) is 11.5 Å². The molecule has 7 nitrogen and oxygen atoms in total. The van der Waals surface area contributed by atoms with Crippen molar-refractivity contribution in [2.45, 2.75) is 6.54 Å². The standard InChI is InChI=1S/C17H14Cl2N4O3/c1-26-12-4-2-3-10(5-12)8-20-17(25)16-21-9-23(22-16)11-6-13(18)15(24)14(19)7-11/h2-7,9,24H,8H2,1H3,(H,20,25). The largest absolute Gasteiger partial charge is 0.505 e. The summed E-state index contributed by atoms with van der Waals surface area (Å²) >= 11 is 11.8. The van der Waals surface area contributed by atoms with E-state index < -0.39 is 5.91 Å². The van der Waals surface area contributed by atoms with Gasteiger partial charge in [0.25, 0.3) is 5.91 Å². The molecule has 0 fully saturated rings. The Morgan fingerprint density at radius 3 is 2.69 bits per heavy atom. The normalized spacial score (nSPS) is 10.6. The number of carbonyl (C=O) groups excluding carboxylic acids is 1. The average molecular weight is 393 g/mol. The third-order valence-corrected chi connectivity index (χ3v) is 4.12. The highest BCUT2D eigenvalue weighted by atomic mass is 35.5. The molecule has 0 atom stereocenters. The number of phenols is 1. The maximum atomic E-state index is 12.2. The van der Waals surface area contributed by atoms with Crippen molar-refractivity contribution in [1.29, 1.82) is 0 Å². The summed E-state index contributed by atoms with van der Waals surface area (Å²) in [5.41, 5.74) is 1.35. The van der Waals surface area contributed by atoms with E-state index >= 15 is 0 Å². The van der Waals surface area contributed by atoms with Gasteiger partial charge < -0.3 is 15.2 Å². The SMILES string of the molecule is COc1cccc(CNC(=O)c2ncn(-c3cc(Cl)c(O)c(Cl)c3)n2)c1. The third kappa shape index (κ3) is 3.89. The van der Waals surface area contributed by atoms with Gasteiger partial charge in [-0.2, -0.15) is 0 Å². The van der Waals surface area contributed by atoms with Crippen molar-refractivity contribution in [2.24, 2.45) is 0 Å². The van der Waals surface area contributed by atoms with Gasteiger partial charge in [-0.1, -0.05) is 35.3 Å². The molecule has 0 aliphatic carbocycles. The number of hydrogen-bond donors (Lipinski definition) is 2. The van der Waals surface area contributed by atoms with Crippen LogP contribution in [-0.2, 0) is 6.54 Å². The molecule has 2 N–H and O–H groups in total. The molecule has 1 aromatic heterocycles. The number of hydrogen-bond acceptors (Lipinski definition) is 5. The molecule has 2 aromatic carbocycles. The summed E-state index contributed by atoms with van der Waals surface area (Å²) in [7, 11) is 1.58. The second kappa shape index (κ2) is 7.63. The van der Waals surface area contributed by atoms with E-state index in [1.807, 2.05) is 24.3 Å². The lowest BCUT2D eigenvalue weighted by molar-refractivity contribution is 0.0940. The smallest absolute Gasteiger partial charge is 0.291 e. The van der Waals surface area contributed by atoms with E-state index in [0.29, 0.717) is 18.0 Å². The minimum Gasteiger partial charge on any atom is -0.505 e. The van der Waals surface area contributed by atoms with Crippen molar-refractivity contribution in [3.05, 3.63) is 64.2 Å². The Morgan fingerprint density at radius 2 is 2.00 bits per heavy atom. The minimum absolute atomic E-state index is 0.00628. The van der Waals surface area contributed by atoms with Crippen molar-refractivity contribution in [3.8, 4) is 17.2 Å². The van der Waals surface area contributed by atoms with Crippen LogP contribution in [0.2, 0.25) is 10.0 Å². The van der Waals surface area contributed by atoms with E-state index in [1.165, 1.54) is 23.1 Å². The van der Waals surface area contributed by atoms with E-state index in [2.05, 4.69) is 15.4 Å². The number of nitrogens with one attached hydrogen (secondary N) is 1. The molecule has 0 saturated carbocycles. The number of methoxy groups -OCH3 is 1. The van der Waals surface area contributed by atoms with Gasteiger partial charge in [0.05, 0.1) is 22.8 Å². The van der Waals surface area contributed by atoms with Gasteiger partial charge in [0, 0.05) is 6.54 Å². The summed E-state index contributed by atoms with van der Waals surface area (Å²) in [5.74, 6) is 0.0597. The number of benzene rings is 2. The minimum atomic E-state index is -0.428. The van der Waals surface area contributed by atoms with E-state index in [-0.39, 0.29) is 21.6 Å². The molecule has 26 heavy (non-hydrogen) atoms. The van der Waals surface area contributed by atoms with Crippen molar-refractivity contribution in [2.75, 3.05) is 7.11 Å². The summed E-state index contributed by atoms with van der Waals surface area (Å²) in [5, 5.41) is 16.6. The van der Waals surface area contributed by atoms with Gasteiger partial charge in [-0.05, 0) is 29.8 Å². The Labute approximate surface area is 159 Å². The molecule has 0 unspecified atom stereocenters. The summed E-state index contributed by atoms with van der Waals surface area (Å²) in [6, 6.07) is 10.3. The van der Waals surface area contributed by atoms with E-state index in [0.717, 1.165) is 5.56 Å². The number of carbonyl (C=O) groups is 1. The fraction of sp³-hybridized carbons (Fsp3) is 0.118. The zero-order chi connectivity index (χ0) is 18.7. The molecule has 0 radical (unpaired) electrons. The second-order valence-corrected chi connectivity index (χ2v) is 6.12.